The van der Waals surface area contributed by atoms with Crippen LogP contribution in [0.2, 0.25) is 0 Å². The van der Waals surface area contributed by atoms with Crippen LogP contribution >= 0.6 is 0 Å². The fourth-order valence-corrected chi connectivity index (χ4v) is 2.46. The second-order valence-electron chi connectivity index (χ2n) is 5.24. The van der Waals surface area contributed by atoms with Gasteiger partial charge in [-0.25, -0.2) is 4.98 Å². The van der Waals surface area contributed by atoms with E-state index in [2.05, 4.69) is 16.4 Å². The summed E-state index contributed by atoms with van der Waals surface area (Å²) in [6.45, 7) is 0.584. The molecule has 4 heteroatoms. The summed E-state index contributed by atoms with van der Waals surface area (Å²) in [5.74, 6) is 0.718. The highest BCUT2D eigenvalue weighted by molar-refractivity contribution is 5.56. The van der Waals surface area contributed by atoms with Crippen molar-refractivity contribution in [1.29, 1.82) is 0 Å². The van der Waals surface area contributed by atoms with E-state index in [-0.39, 0.29) is 5.56 Å². The van der Waals surface area contributed by atoms with Crippen molar-refractivity contribution in [2.75, 3.05) is 12.4 Å². The number of aromatic nitrogens is 2. The van der Waals surface area contributed by atoms with Crippen LogP contribution in [0.15, 0.2) is 53.0 Å². The number of benzene rings is 1. The summed E-state index contributed by atoms with van der Waals surface area (Å²) in [6.07, 6.45) is 7.36. The van der Waals surface area contributed by atoms with Gasteiger partial charge in [-0.2, -0.15) is 0 Å². The minimum atomic E-state index is -0.0254. The van der Waals surface area contributed by atoms with E-state index in [1.54, 1.807) is 17.8 Å². The Morgan fingerprint density at radius 2 is 2.05 bits per heavy atom. The lowest BCUT2D eigenvalue weighted by Gasteiger charge is -2.17. The van der Waals surface area contributed by atoms with Crippen LogP contribution in [0.3, 0.4) is 0 Å². The minimum Gasteiger partial charge on any atom is -0.382 e. The first-order chi connectivity index (χ1) is 10.3. The Labute approximate surface area is 124 Å². The summed E-state index contributed by atoms with van der Waals surface area (Å²) in [5.41, 5.74) is 2.91. The van der Waals surface area contributed by atoms with Gasteiger partial charge in [-0.1, -0.05) is 42.0 Å². The molecule has 0 amide bonds. The molecule has 0 radical (unpaired) electrons. The first-order valence-corrected chi connectivity index (χ1v) is 7.30. The molecule has 1 aliphatic carbocycles. The van der Waals surface area contributed by atoms with Crippen LogP contribution in [-0.2, 0) is 6.54 Å². The quantitative estimate of drug-likeness (QED) is 0.876. The van der Waals surface area contributed by atoms with Crippen molar-refractivity contribution >= 4 is 5.69 Å². The second-order valence-corrected chi connectivity index (χ2v) is 5.24. The summed E-state index contributed by atoms with van der Waals surface area (Å²) >= 11 is 0. The zero-order chi connectivity index (χ0) is 14.7. The number of anilines is 1. The highest BCUT2D eigenvalue weighted by atomic mass is 16.1. The molecule has 0 bridgehead atoms. The fraction of sp³-hybridized carbons (Fsp3) is 0.294. The molecule has 0 saturated heterocycles. The maximum atomic E-state index is 12.5. The number of nitrogens with one attached hydrogen (secondary N) is 1. The Balaban J connectivity index is 2.06. The van der Waals surface area contributed by atoms with Crippen molar-refractivity contribution in [2.24, 2.45) is 0 Å². The van der Waals surface area contributed by atoms with Gasteiger partial charge in [0.05, 0.1) is 6.20 Å². The van der Waals surface area contributed by atoms with Crippen LogP contribution in [0.5, 0.6) is 0 Å². The molecular weight excluding hydrogens is 262 g/mol. The van der Waals surface area contributed by atoms with Crippen molar-refractivity contribution in [3.05, 3.63) is 58.5 Å². The van der Waals surface area contributed by atoms with Crippen LogP contribution in [0.25, 0.3) is 11.4 Å². The monoisotopic (exact) mass is 281 g/mol. The van der Waals surface area contributed by atoms with E-state index < -0.39 is 0 Å². The molecule has 4 nitrogen and oxygen atoms in total. The highest BCUT2D eigenvalue weighted by Gasteiger charge is 2.12. The SMILES string of the molecule is CNc1cnc(-c2ccccc2)n(CC=C2CCC2)c1=O. The maximum absolute atomic E-state index is 12.5. The van der Waals surface area contributed by atoms with Crippen LogP contribution in [-0.4, -0.2) is 16.6 Å². The maximum Gasteiger partial charge on any atom is 0.277 e. The van der Waals surface area contributed by atoms with E-state index in [0.717, 1.165) is 24.2 Å². The average Bonchev–Trinajstić information content (AvgIpc) is 2.48. The van der Waals surface area contributed by atoms with Gasteiger partial charge in [-0.3, -0.25) is 9.36 Å². The highest BCUT2D eigenvalue weighted by Crippen LogP contribution is 2.25. The first-order valence-electron chi connectivity index (χ1n) is 7.30. The zero-order valence-corrected chi connectivity index (χ0v) is 12.2. The molecule has 2 aromatic rings. The van der Waals surface area contributed by atoms with Crippen LogP contribution in [0, 0.1) is 0 Å². The largest absolute Gasteiger partial charge is 0.382 e. The Morgan fingerprint density at radius 3 is 2.67 bits per heavy atom. The second kappa shape index (κ2) is 5.95. The smallest absolute Gasteiger partial charge is 0.277 e. The van der Waals surface area contributed by atoms with E-state index in [1.807, 2.05) is 30.3 Å². The summed E-state index contributed by atoms with van der Waals surface area (Å²) in [5, 5.41) is 2.91. The molecule has 1 saturated carbocycles. The number of hydrogen-bond donors (Lipinski definition) is 1. The Morgan fingerprint density at radius 1 is 1.29 bits per heavy atom. The van der Waals surface area contributed by atoms with E-state index in [9.17, 15) is 4.79 Å². The van der Waals surface area contributed by atoms with Gasteiger partial charge < -0.3 is 5.32 Å². The summed E-state index contributed by atoms with van der Waals surface area (Å²) in [7, 11) is 1.75. The molecule has 1 aromatic carbocycles. The summed E-state index contributed by atoms with van der Waals surface area (Å²) in [4.78, 5) is 17.0. The van der Waals surface area contributed by atoms with Gasteiger partial charge in [-0.05, 0) is 19.3 Å². The van der Waals surface area contributed by atoms with Crippen molar-refractivity contribution in [3.8, 4) is 11.4 Å². The average molecular weight is 281 g/mol. The molecule has 0 aliphatic heterocycles. The predicted molar refractivity (Wildman–Crippen MR) is 85.4 cm³/mol. The molecule has 3 rings (SSSR count). The van der Waals surface area contributed by atoms with Gasteiger partial charge in [-0.15, -0.1) is 0 Å². The Bertz CT molecular complexity index is 711. The normalized spacial score (nSPS) is 13.7. The molecule has 0 spiro atoms. The number of hydrogen-bond acceptors (Lipinski definition) is 3. The van der Waals surface area contributed by atoms with Gasteiger partial charge in [0.2, 0.25) is 0 Å². The Kier molecular flexibility index (Phi) is 3.86. The molecule has 1 aromatic heterocycles. The number of nitrogens with zero attached hydrogens (tertiary/aromatic N) is 2. The Hall–Kier alpha value is -2.36. The molecule has 0 unspecified atom stereocenters. The van der Waals surface area contributed by atoms with Gasteiger partial charge >= 0.3 is 0 Å². The van der Waals surface area contributed by atoms with Crippen LogP contribution < -0.4 is 10.9 Å². The van der Waals surface area contributed by atoms with Crippen molar-refractivity contribution in [2.45, 2.75) is 25.8 Å². The fourth-order valence-electron chi connectivity index (χ4n) is 2.46. The van der Waals surface area contributed by atoms with E-state index in [1.165, 1.54) is 12.0 Å². The van der Waals surface area contributed by atoms with Crippen molar-refractivity contribution < 1.29 is 0 Å². The minimum absolute atomic E-state index is 0.0254. The molecule has 1 fully saturated rings. The lowest BCUT2D eigenvalue weighted by Crippen LogP contribution is -2.25. The third-order valence-corrected chi connectivity index (χ3v) is 3.91. The predicted octanol–water partition coefficient (Wildman–Crippen LogP) is 3.06. The van der Waals surface area contributed by atoms with Crippen LogP contribution in [0.4, 0.5) is 5.69 Å². The van der Waals surface area contributed by atoms with Crippen LogP contribution in [0.1, 0.15) is 19.3 Å². The first kappa shape index (κ1) is 13.6. The van der Waals surface area contributed by atoms with Gasteiger partial charge in [0.1, 0.15) is 11.5 Å². The molecule has 21 heavy (non-hydrogen) atoms. The molecular formula is C17H19N3O. The summed E-state index contributed by atoms with van der Waals surface area (Å²) in [6, 6.07) is 9.84. The number of rotatable bonds is 4. The molecule has 1 heterocycles. The van der Waals surface area contributed by atoms with Crippen molar-refractivity contribution in [1.82, 2.24) is 9.55 Å². The van der Waals surface area contributed by atoms with Crippen molar-refractivity contribution in [3.63, 3.8) is 0 Å². The van der Waals surface area contributed by atoms with Gasteiger partial charge in [0.15, 0.2) is 0 Å². The molecule has 1 N–H and O–H groups in total. The molecule has 1 aliphatic rings. The van der Waals surface area contributed by atoms with Gasteiger partial charge in [0.25, 0.3) is 5.56 Å². The standard InChI is InChI=1S/C17H19N3O/c1-18-15-12-19-16(14-8-3-2-4-9-14)20(17(15)21)11-10-13-6-5-7-13/h2-4,8-10,12,18H,5-7,11H2,1H3. The number of allylic oxidation sites excluding steroid dienone is 2. The van der Waals surface area contributed by atoms with E-state index in [0.29, 0.717) is 12.2 Å². The molecule has 108 valence electrons. The third kappa shape index (κ3) is 2.75. The third-order valence-electron chi connectivity index (χ3n) is 3.91. The zero-order valence-electron chi connectivity index (χ0n) is 12.2. The topological polar surface area (TPSA) is 46.9 Å². The lowest BCUT2D eigenvalue weighted by atomic mass is 9.92. The van der Waals surface area contributed by atoms with Gasteiger partial charge in [0, 0.05) is 19.2 Å². The van der Waals surface area contributed by atoms with E-state index in [4.69, 9.17) is 0 Å². The molecule has 0 atom stereocenters. The lowest BCUT2D eigenvalue weighted by molar-refractivity contribution is 0.645. The van der Waals surface area contributed by atoms with E-state index >= 15 is 0 Å². The summed E-state index contributed by atoms with van der Waals surface area (Å²) < 4.78 is 1.74.